The van der Waals surface area contributed by atoms with Crippen molar-refractivity contribution in [3.8, 4) is 0 Å². The smallest absolute Gasteiger partial charge is 0.485 e. The number of para-hydroxylation sites is 1. The zero-order valence-electron chi connectivity index (χ0n) is 20.2. The monoisotopic (exact) mass is 553 g/mol. The van der Waals surface area contributed by atoms with Gasteiger partial charge in [0, 0.05) is 11.5 Å². The number of halogens is 3. The standard InChI is InChI=1S/C28H23NP.CHF3O3S/c1-22-21-28(29-27-20-12-11-19-26(22)27)30(23-13-5-2-6-14-23,24-15-7-3-8-16-24)25-17-9-4-10-18-25;2-1(3,4)8(5,6)7/h2-21H,1H3;(H,5,6,7)/q+1;/p-1. The van der Waals surface area contributed by atoms with Gasteiger partial charge in [0.25, 0.3) is 0 Å². The van der Waals surface area contributed by atoms with E-state index in [4.69, 9.17) is 18.0 Å². The van der Waals surface area contributed by atoms with E-state index in [0.717, 1.165) is 11.0 Å². The van der Waals surface area contributed by atoms with Crippen LogP contribution in [0.15, 0.2) is 121 Å². The van der Waals surface area contributed by atoms with E-state index in [0.29, 0.717) is 0 Å². The second kappa shape index (κ2) is 11.0. The van der Waals surface area contributed by atoms with Crippen molar-refractivity contribution < 1.29 is 26.1 Å². The molecule has 0 amide bonds. The summed E-state index contributed by atoms with van der Waals surface area (Å²) < 4.78 is 58.9. The summed E-state index contributed by atoms with van der Waals surface area (Å²) in [6.07, 6.45) is 0. The number of hydrogen-bond donors (Lipinski definition) is 0. The highest BCUT2D eigenvalue weighted by molar-refractivity contribution is 8.01. The fourth-order valence-corrected chi connectivity index (χ4v) is 8.49. The molecule has 4 nitrogen and oxygen atoms in total. The lowest BCUT2D eigenvalue weighted by Crippen LogP contribution is -2.40. The fourth-order valence-electron chi connectivity index (χ4n) is 4.30. The van der Waals surface area contributed by atoms with E-state index < -0.39 is 22.9 Å². The number of benzene rings is 4. The molecule has 0 spiro atoms. The molecule has 0 unspecified atom stereocenters. The molecule has 0 aliphatic rings. The molecule has 1 aromatic heterocycles. The number of fused-ring (bicyclic) bond motifs is 1. The molecule has 4 aromatic carbocycles. The van der Waals surface area contributed by atoms with Gasteiger partial charge in [-0.3, -0.25) is 0 Å². The van der Waals surface area contributed by atoms with E-state index in [-0.39, 0.29) is 0 Å². The van der Waals surface area contributed by atoms with Crippen LogP contribution < -0.4 is 21.3 Å². The Bertz CT molecular complexity index is 1530. The number of pyridine rings is 1. The van der Waals surface area contributed by atoms with E-state index in [1.54, 1.807) is 0 Å². The molecule has 0 aliphatic heterocycles. The van der Waals surface area contributed by atoms with Gasteiger partial charge in [-0.15, -0.1) is 0 Å². The van der Waals surface area contributed by atoms with Crippen LogP contribution in [0.5, 0.6) is 0 Å². The molecule has 5 rings (SSSR count). The predicted molar refractivity (Wildman–Crippen MR) is 147 cm³/mol. The predicted octanol–water partition coefficient (Wildman–Crippen LogP) is 5.21. The van der Waals surface area contributed by atoms with Gasteiger partial charge in [0.1, 0.15) is 15.9 Å². The summed E-state index contributed by atoms with van der Waals surface area (Å²) in [4.78, 5) is 5.29. The maximum Gasteiger partial charge on any atom is 0.485 e. The van der Waals surface area contributed by atoms with Crippen LogP contribution in [0.25, 0.3) is 10.9 Å². The van der Waals surface area contributed by atoms with Crippen molar-refractivity contribution in [3.05, 3.63) is 127 Å². The molecule has 0 bridgehead atoms. The Kier molecular flexibility index (Phi) is 7.97. The first-order valence-electron chi connectivity index (χ1n) is 11.5. The van der Waals surface area contributed by atoms with Crippen molar-refractivity contribution in [2.24, 2.45) is 0 Å². The molecular weight excluding hydrogens is 530 g/mol. The summed E-state index contributed by atoms with van der Waals surface area (Å²) in [6.45, 7) is 2.20. The number of aryl methyl sites for hydroxylation is 1. The molecule has 9 heteroatoms. The Balaban J connectivity index is 0.000000368. The van der Waals surface area contributed by atoms with Crippen LogP contribution >= 0.6 is 7.26 Å². The first-order valence-corrected chi connectivity index (χ1v) is 14.7. The lowest BCUT2D eigenvalue weighted by molar-refractivity contribution is -0.0517. The Hall–Kier alpha value is -3.58. The molecule has 0 N–H and O–H groups in total. The minimum absolute atomic E-state index is 1.06. The average Bonchev–Trinajstić information content (AvgIpc) is 2.90. The Labute approximate surface area is 219 Å². The van der Waals surface area contributed by atoms with Gasteiger partial charge in [0.15, 0.2) is 22.8 Å². The molecule has 38 heavy (non-hydrogen) atoms. The van der Waals surface area contributed by atoms with Crippen LogP contribution in [-0.4, -0.2) is 23.5 Å². The summed E-state index contributed by atoms with van der Waals surface area (Å²) in [5.74, 6) is 0. The van der Waals surface area contributed by atoms with E-state index in [2.05, 4.69) is 128 Å². The lowest BCUT2D eigenvalue weighted by Gasteiger charge is -2.27. The van der Waals surface area contributed by atoms with Crippen LogP contribution in [0.1, 0.15) is 5.56 Å². The average molecular weight is 554 g/mol. The molecule has 0 fully saturated rings. The molecule has 0 saturated carbocycles. The first-order chi connectivity index (χ1) is 18.0. The van der Waals surface area contributed by atoms with Crippen LogP contribution in [0.3, 0.4) is 0 Å². The highest BCUT2D eigenvalue weighted by Gasteiger charge is 2.49. The third-order valence-corrected chi connectivity index (χ3v) is 10.7. The zero-order chi connectivity index (χ0) is 27.4. The fraction of sp³-hybridized carbons (Fsp3) is 0.0690. The Morgan fingerprint density at radius 1 is 0.684 bits per heavy atom. The van der Waals surface area contributed by atoms with E-state index >= 15 is 0 Å². The Morgan fingerprint density at radius 2 is 1.05 bits per heavy atom. The van der Waals surface area contributed by atoms with Gasteiger partial charge >= 0.3 is 5.51 Å². The summed E-state index contributed by atoms with van der Waals surface area (Å²) in [6, 6.07) is 43.5. The third-order valence-electron chi connectivity index (χ3n) is 5.97. The molecule has 1 heterocycles. The molecule has 0 saturated heterocycles. The van der Waals surface area contributed by atoms with Crippen molar-refractivity contribution in [2.45, 2.75) is 12.4 Å². The molecule has 0 radical (unpaired) electrons. The number of hydrogen-bond acceptors (Lipinski definition) is 4. The highest BCUT2D eigenvalue weighted by atomic mass is 32.2. The van der Waals surface area contributed by atoms with Gasteiger partial charge in [-0.05, 0) is 55.0 Å². The van der Waals surface area contributed by atoms with E-state index in [9.17, 15) is 13.2 Å². The second-order valence-electron chi connectivity index (χ2n) is 8.39. The number of alkyl halides is 3. The normalized spacial score (nSPS) is 12.0. The minimum Gasteiger partial charge on any atom is -0.741 e. The number of aromatic nitrogens is 1. The van der Waals surface area contributed by atoms with Crippen LogP contribution in [-0.2, 0) is 10.1 Å². The molecule has 5 aromatic rings. The van der Waals surface area contributed by atoms with Crippen molar-refractivity contribution in [1.82, 2.24) is 4.98 Å². The molecule has 0 atom stereocenters. The summed E-state index contributed by atoms with van der Waals surface area (Å²) in [5.41, 5.74) is -2.17. The van der Waals surface area contributed by atoms with Crippen LogP contribution in [0.4, 0.5) is 13.2 Å². The quantitative estimate of drug-likeness (QED) is 0.174. The van der Waals surface area contributed by atoms with Gasteiger partial charge in [0.2, 0.25) is 0 Å². The highest BCUT2D eigenvalue weighted by Crippen LogP contribution is 2.53. The number of nitrogens with zero attached hydrogens (tertiary/aromatic N) is 1. The summed E-state index contributed by atoms with van der Waals surface area (Å²) >= 11 is 0. The van der Waals surface area contributed by atoms with Gasteiger partial charge in [-0.25, -0.2) is 13.4 Å². The minimum atomic E-state index is -6.09. The van der Waals surface area contributed by atoms with Crippen molar-refractivity contribution in [1.29, 1.82) is 0 Å². The maximum atomic E-state index is 10.7. The van der Waals surface area contributed by atoms with Crippen molar-refractivity contribution in [3.63, 3.8) is 0 Å². The van der Waals surface area contributed by atoms with Crippen LogP contribution in [0, 0.1) is 6.92 Å². The van der Waals surface area contributed by atoms with Gasteiger partial charge in [-0.2, -0.15) is 13.2 Å². The van der Waals surface area contributed by atoms with Crippen molar-refractivity contribution >= 4 is 49.6 Å². The van der Waals surface area contributed by atoms with Gasteiger partial charge < -0.3 is 4.55 Å². The van der Waals surface area contributed by atoms with Crippen LogP contribution in [0.2, 0.25) is 0 Å². The second-order valence-corrected chi connectivity index (χ2v) is 13.1. The summed E-state index contributed by atoms with van der Waals surface area (Å²) in [5, 5.41) is 5.19. The summed E-state index contributed by atoms with van der Waals surface area (Å²) in [7, 11) is -8.24. The van der Waals surface area contributed by atoms with E-state index in [1.807, 2.05) is 0 Å². The van der Waals surface area contributed by atoms with Gasteiger partial charge in [-0.1, -0.05) is 72.8 Å². The maximum absolute atomic E-state index is 10.7. The molecular formula is C29H23F3NO3PS. The topological polar surface area (TPSA) is 70.1 Å². The number of rotatable bonds is 4. The lowest BCUT2D eigenvalue weighted by atomic mass is 10.1. The third kappa shape index (κ3) is 5.48. The zero-order valence-corrected chi connectivity index (χ0v) is 21.9. The first kappa shape index (κ1) is 27.5. The molecule has 194 valence electrons. The largest absolute Gasteiger partial charge is 0.741 e. The molecule has 0 aliphatic carbocycles. The van der Waals surface area contributed by atoms with E-state index in [1.165, 1.54) is 26.9 Å². The Morgan fingerprint density at radius 3 is 1.45 bits per heavy atom. The van der Waals surface area contributed by atoms with Gasteiger partial charge in [0.05, 0.1) is 5.52 Å². The SMILES string of the molecule is Cc1cc([P+](c2ccccc2)(c2ccccc2)c2ccccc2)nc2ccccc12.O=S(=O)([O-])C(F)(F)F. The van der Waals surface area contributed by atoms with Crippen molar-refractivity contribution in [2.75, 3.05) is 0 Å².